The number of hydrogen-bond donors (Lipinski definition) is 2. The van der Waals surface area contributed by atoms with Gasteiger partial charge in [0.1, 0.15) is 0 Å². The van der Waals surface area contributed by atoms with Gasteiger partial charge in [0, 0.05) is 11.7 Å². The lowest BCUT2D eigenvalue weighted by Gasteiger charge is -2.15. The maximum absolute atomic E-state index is 12.2. The molecule has 3 rings (SSSR count). The molecule has 1 heterocycles. The number of amides is 1. The highest BCUT2D eigenvalue weighted by Crippen LogP contribution is 2.22. The van der Waals surface area contributed by atoms with Crippen molar-refractivity contribution in [2.24, 2.45) is 5.92 Å². The Labute approximate surface area is 125 Å². The van der Waals surface area contributed by atoms with Crippen molar-refractivity contribution in [3.05, 3.63) is 54.6 Å². The van der Waals surface area contributed by atoms with Crippen molar-refractivity contribution in [3.8, 4) is 11.1 Å². The first kappa shape index (κ1) is 13.8. The zero-order chi connectivity index (χ0) is 14.7. The first-order chi connectivity index (χ1) is 10.2. The first-order valence-electron chi connectivity index (χ1n) is 7.44. The van der Waals surface area contributed by atoms with Crippen LogP contribution in [0.5, 0.6) is 0 Å². The molecule has 3 heteroatoms. The summed E-state index contributed by atoms with van der Waals surface area (Å²) >= 11 is 0. The second-order valence-corrected chi connectivity index (χ2v) is 5.57. The van der Waals surface area contributed by atoms with Gasteiger partial charge >= 0.3 is 0 Å². The molecule has 0 radical (unpaired) electrons. The van der Waals surface area contributed by atoms with Gasteiger partial charge in [0.05, 0.1) is 5.92 Å². The molecule has 0 bridgehead atoms. The summed E-state index contributed by atoms with van der Waals surface area (Å²) in [5, 5.41) is 6.32. The Kier molecular flexibility index (Phi) is 4.02. The minimum absolute atomic E-state index is 0.0683. The first-order valence-corrected chi connectivity index (χ1v) is 7.44. The monoisotopic (exact) mass is 280 g/mol. The molecule has 3 nitrogen and oxygen atoms in total. The number of hydrogen-bond acceptors (Lipinski definition) is 2. The van der Waals surface area contributed by atoms with Crippen LogP contribution in [-0.2, 0) is 4.79 Å². The molecule has 2 N–H and O–H groups in total. The topological polar surface area (TPSA) is 41.1 Å². The molecule has 0 spiro atoms. The van der Waals surface area contributed by atoms with Crippen molar-refractivity contribution in [2.45, 2.75) is 19.4 Å². The lowest BCUT2D eigenvalue weighted by atomic mass is 10.0. The molecule has 1 fully saturated rings. The number of benzene rings is 2. The van der Waals surface area contributed by atoms with Gasteiger partial charge in [-0.2, -0.15) is 0 Å². The molecule has 2 atom stereocenters. The molecular weight excluding hydrogens is 260 g/mol. The van der Waals surface area contributed by atoms with Crippen molar-refractivity contribution in [1.29, 1.82) is 0 Å². The molecule has 0 aromatic heterocycles. The van der Waals surface area contributed by atoms with Gasteiger partial charge in [-0.15, -0.1) is 0 Å². The van der Waals surface area contributed by atoms with Crippen LogP contribution in [0.4, 0.5) is 5.69 Å². The molecule has 1 amide bonds. The minimum atomic E-state index is 0.0683. The second-order valence-electron chi connectivity index (χ2n) is 5.57. The van der Waals surface area contributed by atoms with Gasteiger partial charge in [0.15, 0.2) is 0 Å². The fourth-order valence-corrected chi connectivity index (χ4v) is 2.83. The van der Waals surface area contributed by atoms with Crippen molar-refractivity contribution in [3.63, 3.8) is 0 Å². The van der Waals surface area contributed by atoms with Crippen LogP contribution in [0.15, 0.2) is 54.6 Å². The molecule has 0 saturated carbocycles. The lowest BCUT2D eigenvalue weighted by molar-refractivity contribution is -0.119. The van der Waals surface area contributed by atoms with E-state index in [1.165, 1.54) is 5.56 Å². The van der Waals surface area contributed by atoms with Crippen LogP contribution in [0, 0.1) is 5.92 Å². The van der Waals surface area contributed by atoms with E-state index < -0.39 is 0 Å². The number of carbonyl (C=O) groups is 1. The number of nitrogens with one attached hydrogen (secondary N) is 2. The Bertz CT molecular complexity index is 607. The molecule has 108 valence electrons. The van der Waals surface area contributed by atoms with E-state index in [0.29, 0.717) is 0 Å². The van der Waals surface area contributed by atoms with E-state index in [1.54, 1.807) is 0 Å². The van der Waals surface area contributed by atoms with Crippen molar-refractivity contribution < 1.29 is 4.79 Å². The van der Waals surface area contributed by atoms with Crippen LogP contribution in [-0.4, -0.2) is 18.5 Å². The van der Waals surface area contributed by atoms with E-state index in [1.807, 2.05) is 42.5 Å². The maximum atomic E-state index is 12.2. The van der Waals surface area contributed by atoms with Crippen LogP contribution in [0.25, 0.3) is 11.1 Å². The SMILES string of the molecule is CC1NCCC1C(=O)Nc1ccc(-c2ccccc2)cc1. The molecule has 21 heavy (non-hydrogen) atoms. The average Bonchev–Trinajstić information content (AvgIpc) is 2.95. The zero-order valence-corrected chi connectivity index (χ0v) is 12.2. The Morgan fingerprint density at radius 3 is 2.33 bits per heavy atom. The highest BCUT2D eigenvalue weighted by atomic mass is 16.1. The van der Waals surface area contributed by atoms with Crippen molar-refractivity contribution in [1.82, 2.24) is 5.32 Å². The predicted molar refractivity (Wildman–Crippen MR) is 86.1 cm³/mol. The van der Waals surface area contributed by atoms with E-state index >= 15 is 0 Å². The van der Waals surface area contributed by atoms with Crippen LogP contribution >= 0.6 is 0 Å². The zero-order valence-electron chi connectivity index (χ0n) is 12.2. The standard InChI is InChI=1S/C18H20N2O/c1-13-17(11-12-19-13)18(21)20-16-9-7-15(8-10-16)14-5-3-2-4-6-14/h2-10,13,17,19H,11-12H2,1H3,(H,20,21). The minimum Gasteiger partial charge on any atom is -0.326 e. The Balaban J connectivity index is 1.69. The van der Waals surface area contributed by atoms with Gasteiger partial charge in [-0.3, -0.25) is 4.79 Å². The van der Waals surface area contributed by atoms with Gasteiger partial charge in [-0.1, -0.05) is 42.5 Å². The van der Waals surface area contributed by atoms with Crippen LogP contribution in [0.2, 0.25) is 0 Å². The van der Waals surface area contributed by atoms with Gasteiger partial charge in [-0.05, 0) is 43.1 Å². The van der Waals surface area contributed by atoms with Crippen molar-refractivity contribution >= 4 is 11.6 Å². The van der Waals surface area contributed by atoms with Gasteiger partial charge in [0.2, 0.25) is 5.91 Å². The largest absolute Gasteiger partial charge is 0.326 e. The molecular formula is C18H20N2O. The summed E-state index contributed by atoms with van der Waals surface area (Å²) in [4.78, 5) is 12.2. The normalized spacial score (nSPS) is 21.2. The van der Waals surface area contributed by atoms with E-state index in [9.17, 15) is 4.79 Å². The maximum Gasteiger partial charge on any atom is 0.229 e. The fourth-order valence-electron chi connectivity index (χ4n) is 2.83. The average molecular weight is 280 g/mol. The Morgan fingerprint density at radius 2 is 1.71 bits per heavy atom. The number of anilines is 1. The summed E-state index contributed by atoms with van der Waals surface area (Å²) < 4.78 is 0. The van der Waals surface area contributed by atoms with Gasteiger partial charge < -0.3 is 10.6 Å². The van der Waals surface area contributed by atoms with Crippen LogP contribution in [0.1, 0.15) is 13.3 Å². The van der Waals surface area contributed by atoms with E-state index in [0.717, 1.165) is 24.2 Å². The quantitative estimate of drug-likeness (QED) is 0.906. The summed E-state index contributed by atoms with van der Waals surface area (Å²) in [7, 11) is 0. The lowest BCUT2D eigenvalue weighted by Crippen LogP contribution is -2.32. The summed E-state index contributed by atoms with van der Waals surface area (Å²) in [6, 6.07) is 18.5. The molecule has 2 aromatic carbocycles. The molecule has 2 unspecified atom stereocenters. The Morgan fingerprint density at radius 1 is 1.05 bits per heavy atom. The molecule has 1 aliphatic rings. The Hall–Kier alpha value is -2.13. The summed E-state index contributed by atoms with van der Waals surface area (Å²) in [5.74, 6) is 0.179. The highest BCUT2D eigenvalue weighted by molar-refractivity contribution is 5.93. The third-order valence-corrected chi connectivity index (χ3v) is 4.12. The summed E-state index contributed by atoms with van der Waals surface area (Å²) in [6.07, 6.45) is 0.912. The third-order valence-electron chi connectivity index (χ3n) is 4.12. The van der Waals surface area contributed by atoms with E-state index in [-0.39, 0.29) is 17.9 Å². The predicted octanol–water partition coefficient (Wildman–Crippen LogP) is 3.29. The molecule has 0 aliphatic carbocycles. The summed E-state index contributed by atoms with van der Waals surface area (Å²) in [6.45, 7) is 2.99. The molecule has 2 aromatic rings. The van der Waals surface area contributed by atoms with E-state index in [4.69, 9.17) is 0 Å². The van der Waals surface area contributed by atoms with Crippen molar-refractivity contribution in [2.75, 3.05) is 11.9 Å². The summed E-state index contributed by atoms with van der Waals surface area (Å²) in [5.41, 5.74) is 3.20. The van der Waals surface area contributed by atoms with Gasteiger partial charge in [0.25, 0.3) is 0 Å². The second kappa shape index (κ2) is 6.10. The molecule has 1 saturated heterocycles. The number of rotatable bonds is 3. The smallest absolute Gasteiger partial charge is 0.229 e. The van der Waals surface area contributed by atoms with Gasteiger partial charge in [-0.25, -0.2) is 0 Å². The third kappa shape index (κ3) is 3.14. The van der Waals surface area contributed by atoms with Crippen LogP contribution < -0.4 is 10.6 Å². The number of carbonyl (C=O) groups excluding carboxylic acids is 1. The highest BCUT2D eigenvalue weighted by Gasteiger charge is 2.29. The van der Waals surface area contributed by atoms with Crippen LogP contribution in [0.3, 0.4) is 0 Å². The molecule has 1 aliphatic heterocycles. The fraction of sp³-hybridized carbons (Fsp3) is 0.278. The van der Waals surface area contributed by atoms with E-state index in [2.05, 4.69) is 29.7 Å².